The van der Waals surface area contributed by atoms with E-state index in [1.165, 1.54) is 44.3 Å². The molecule has 4 nitrogen and oxygen atoms in total. The van der Waals surface area contributed by atoms with E-state index in [4.69, 9.17) is 4.52 Å². The second-order valence-corrected chi connectivity index (χ2v) is 7.10. The monoisotopic (exact) mass is 281 g/mol. The minimum atomic E-state index is 0.579. The van der Waals surface area contributed by atoms with Crippen LogP contribution in [-0.2, 0) is 6.54 Å². The van der Waals surface area contributed by atoms with Crippen molar-refractivity contribution < 1.29 is 4.52 Å². The second-order valence-electron chi connectivity index (χ2n) is 5.59. The predicted molar refractivity (Wildman–Crippen MR) is 77.3 cm³/mol. The van der Waals surface area contributed by atoms with Gasteiger partial charge in [-0.2, -0.15) is 16.7 Å². The van der Waals surface area contributed by atoms with Gasteiger partial charge >= 0.3 is 0 Å². The van der Waals surface area contributed by atoms with Crippen LogP contribution in [0.2, 0.25) is 0 Å². The molecule has 0 aliphatic heterocycles. The average Bonchev–Trinajstić information content (AvgIpc) is 3.18. The third kappa shape index (κ3) is 3.51. The molecule has 0 spiro atoms. The fourth-order valence-corrected chi connectivity index (χ4v) is 4.04. The lowest BCUT2D eigenvalue weighted by atomic mass is 9.95. The zero-order chi connectivity index (χ0) is 13.1. The van der Waals surface area contributed by atoms with Gasteiger partial charge in [0.1, 0.15) is 0 Å². The zero-order valence-corrected chi connectivity index (χ0v) is 12.4. The Kier molecular flexibility index (Phi) is 4.43. The van der Waals surface area contributed by atoms with E-state index < -0.39 is 0 Å². The maximum absolute atomic E-state index is 5.32. The van der Waals surface area contributed by atoms with Gasteiger partial charge in [0.15, 0.2) is 5.82 Å². The van der Waals surface area contributed by atoms with E-state index in [0.29, 0.717) is 12.0 Å². The summed E-state index contributed by atoms with van der Waals surface area (Å²) in [6.07, 6.45) is 7.79. The van der Waals surface area contributed by atoms with Gasteiger partial charge in [-0.15, -0.1) is 0 Å². The first-order chi connectivity index (χ1) is 9.36. The van der Waals surface area contributed by atoms with Gasteiger partial charge in [0.2, 0.25) is 5.89 Å². The summed E-state index contributed by atoms with van der Waals surface area (Å²) < 4.78 is 5.32. The maximum atomic E-state index is 5.32. The third-order valence-corrected chi connectivity index (χ3v) is 5.35. The van der Waals surface area contributed by atoms with Gasteiger partial charge in [-0.1, -0.05) is 24.9 Å². The van der Waals surface area contributed by atoms with E-state index in [0.717, 1.165) is 23.5 Å². The molecule has 106 valence electrons. The molecule has 1 heterocycles. The molecule has 2 saturated carbocycles. The molecular formula is C14H23N3OS. The summed E-state index contributed by atoms with van der Waals surface area (Å²) in [6, 6.07) is 0.606. The largest absolute Gasteiger partial charge is 0.338 e. The van der Waals surface area contributed by atoms with E-state index in [9.17, 15) is 0 Å². The summed E-state index contributed by atoms with van der Waals surface area (Å²) in [5.74, 6) is 3.46. The summed E-state index contributed by atoms with van der Waals surface area (Å²) in [7, 11) is 0. The summed E-state index contributed by atoms with van der Waals surface area (Å²) in [4.78, 5) is 4.48. The van der Waals surface area contributed by atoms with Crippen molar-refractivity contribution in [2.75, 3.05) is 5.75 Å². The highest BCUT2D eigenvalue weighted by Gasteiger charge is 2.29. The van der Waals surface area contributed by atoms with Crippen molar-refractivity contribution in [1.29, 1.82) is 0 Å². The van der Waals surface area contributed by atoms with E-state index in [2.05, 4.69) is 34.1 Å². The summed E-state index contributed by atoms with van der Waals surface area (Å²) in [6.45, 7) is 2.97. The maximum Gasteiger partial charge on any atom is 0.240 e. The van der Waals surface area contributed by atoms with Crippen LogP contribution in [0.3, 0.4) is 0 Å². The topological polar surface area (TPSA) is 51.0 Å². The van der Waals surface area contributed by atoms with Crippen molar-refractivity contribution in [2.45, 2.75) is 69.2 Å². The third-order valence-electron chi connectivity index (χ3n) is 4.03. The molecule has 19 heavy (non-hydrogen) atoms. The number of nitrogens with one attached hydrogen (secondary N) is 1. The SMILES string of the molecule is CCS[C@@H]1CCCC[C@H]1NCc1nc(C2CC2)no1. The lowest BCUT2D eigenvalue weighted by molar-refractivity contribution is 0.330. The molecule has 1 N–H and O–H groups in total. The zero-order valence-electron chi connectivity index (χ0n) is 11.6. The van der Waals surface area contributed by atoms with Crippen molar-refractivity contribution in [3.63, 3.8) is 0 Å². The Hall–Kier alpha value is -0.550. The van der Waals surface area contributed by atoms with Gasteiger partial charge in [0.05, 0.1) is 6.54 Å². The lowest BCUT2D eigenvalue weighted by Crippen LogP contribution is -2.40. The molecule has 2 aliphatic rings. The number of nitrogens with zero attached hydrogens (tertiary/aromatic N) is 2. The Labute approximate surface area is 119 Å². The lowest BCUT2D eigenvalue weighted by Gasteiger charge is -2.31. The number of rotatable bonds is 6. The molecule has 0 bridgehead atoms. The van der Waals surface area contributed by atoms with E-state index in [1.807, 2.05) is 0 Å². The molecular weight excluding hydrogens is 258 g/mol. The molecule has 0 amide bonds. The molecule has 0 saturated heterocycles. The smallest absolute Gasteiger partial charge is 0.240 e. The summed E-state index contributed by atoms with van der Waals surface area (Å²) >= 11 is 2.09. The molecule has 1 aromatic heterocycles. The Bertz CT molecular complexity index is 403. The molecule has 3 rings (SSSR count). The standard InChI is InChI=1S/C14H23N3OS/c1-2-19-12-6-4-3-5-11(12)15-9-13-16-14(17-18-13)10-7-8-10/h10-12,15H,2-9H2,1H3/t11-,12-/m1/s1. The highest BCUT2D eigenvalue weighted by atomic mass is 32.2. The van der Waals surface area contributed by atoms with Crippen LogP contribution < -0.4 is 5.32 Å². The number of thioether (sulfide) groups is 1. The van der Waals surface area contributed by atoms with Gasteiger partial charge in [-0.3, -0.25) is 0 Å². The second kappa shape index (κ2) is 6.27. The summed E-state index contributed by atoms with van der Waals surface area (Å²) in [5, 5.41) is 8.45. The highest BCUT2D eigenvalue weighted by molar-refractivity contribution is 7.99. The van der Waals surface area contributed by atoms with Crippen molar-refractivity contribution in [1.82, 2.24) is 15.5 Å². The molecule has 0 aromatic carbocycles. The Morgan fingerprint density at radius 2 is 2.11 bits per heavy atom. The first-order valence-electron chi connectivity index (χ1n) is 7.54. The quantitative estimate of drug-likeness (QED) is 0.868. The van der Waals surface area contributed by atoms with Crippen LogP contribution in [-0.4, -0.2) is 27.2 Å². The van der Waals surface area contributed by atoms with Crippen molar-refractivity contribution in [2.24, 2.45) is 0 Å². The first-order valence-corrected chi connectivity index (χ1v) is 8.59. The molecule has 0 radical (unpaired) electrons. The summed E-state index contributed by atoms with van der Waals surface area (Å²) in [5.41, 5.74) is 0. The van der Waals surface area contributed by atoms with Gasteiger partial charge in [-0.25, -0.2) is 0 Å². The van der Waals surface area contributed by atoms with Crippen LogP contribution in [0.15, 0.2) is 4.52 Å². The van der Waals surface area contributed by atoms with E-state index >= 15 is 0 Å². The van der Waals surface area contributed by atoms with Crippen molar-refractivity contribution in [3.8, 4) is 0 Å². The first kappa shape index (κ1) is 13.4. The van der Waals surface area contributed by atoms with E-state index in [1.54, 1.807) is 0 Å². The van der Waals surface area contributed by atoms with Crippen LogP contribution >= 0.6 is 11.8 Å². The molecule has 2 fully saturated rings. The fourth-order valence-electron chi connectivity index (χ4n) is 2.81. The minimum absolute atomic E-state index is 0.579. The van der Waals surface area contributed by atoms with Crippen LogP contribution in [0.1, 0.15) is 63.1 Å². The van der Waals surface area contributed by atoms with Gasteiger partial charge in [0.25, 0.3) is 0 Å². The van der Waals surface area contributed by atoms with E-state index in [-0.39, 0.29) is 0 Å². The Morgan fingerprint density at radius 3 is 2.89 bits per heavy atom. The van der Waals surface area contributed by atoms with Gasteiger partial charge in [0, 0.05) is 17.2 Å². The molecule has 0 unspecified atom stereocenters. The number of hydrogen-bond donors (Lipinski definition) is 1. The highest BCUT2D eigenvalue weighted by Crippen LogP contribution is 2.38. The molecule has 1 aromatic rings. The molecule has 2 atom stereocenters. The van der Waals surface area contributed by atoms with Crippen LogP contribution in [0.25, 0.3) is 0 Å². The van der Waals surface area contributed by atoms with Gasteiger partial charge in [-0.05, 0) is 31.4 Å². The van der Waals surface area contributed by atoms with Gasteiger partial charge < -0.3 is 9.84 Å². The molecule has 5 heteroatoms. The van der Waals surface area contributed by atoms with Crippen molar-refractivity contribution >= 4 is 11.8 Å². The Morgan fingerprint density at radius 1 is 1.26 bits per heavy atom. The predicted octanol–water partition coefficient (Wildman–Crippen LogP) is 3.10. The van der Waals surface area contributed by atoms with Crippen LogP contribution in [0.5, 0.6) is 0 Å². The van der Waals surface area contributed by atoms with Crippen LogP contribution in [0, 0.1) is 0 Å². The fraction of sp³-hybridized carbons (Fsp3) is 0.857. The number of hydrogen-bond acceptors (Lipinski definition) is 5. The average molecular weight is 281 g/mol. The minimum Gasteiger partial charge on any atom is -0.338 e. The van der Waals surface area contributed by atoms with Crippen molar-refractivity contribution in [3.05, 3.63) is 11.7 Å². The Balaban J connectivity index is 1.51. The van der Waals surface area contributed by atoms with Crippen LogP contribution in [0.4, 0.5) is 0 Å². The normalized spacial score (nSPS) is 27.6. The molecule has 2 aliphatic carbocycles. The number of aromatic nitrogens is 2.